The summed E-state index contributed by atoms with van der Waals surface area (Å²) in [5.41, 5.74) is 4.28. The number of benzene rings is 1. The van der Waals surface area contributed by atoms with Gasteiger partial charge in [-0.2, -0.15) is 9.55 Å². The van der Waals surface area contributed by atoms with Crippen molar-refractivity contribution in [3.8, 4) is 5.82 Å². The second-order valence-electron chi connectivity index (χ2n) is 6.10. The first-order chi connectivity index (χ1) is 11.7. The van der Waals surface area contributed by atoms with E-state index in [9.17, 15) is 0 Å². The van der Waals surface area contributed by atoms with E-state index in [1.165, 1.54) is 11.1 Å². The summed E-state index contributed by atoms with van der Waals surface area (Å²) in [5.74, 6) is 0.881. The summed E-state index contributed by atoms with van der Waals surface area (Å²) in [6.07, 6.45) is 6.15. The molecule has 4 aromatic rings. The molecule has 4 rings (SSSR count). The summed E-state index contributed by atoms with van der Waals surface area (Å²) in [7, 11) is 0. The maximum absolute atomic E-state index is 4.73. The van der Waals surface area contributed by atoms with Gasteiger partial charge < -0.3 is 17.0 Å². The lowest BCUT2D eigenvalue weighted by Crippen LogP contribution is -3.00. The molecule has 0 aliphatic heterocycles. The van der Waals surface area contributed by atoms with Gasteiger partial charge in [-0.15, -0.1) is 0 Å². The molecular weight excluding hydrogens is 376 g/mol. The van der Waals surface area contributed by atoms with Crippen LogP contribution in [0.2, 0.25) is 0 Å². The number of fused-ring (bicyclic) bond motifs is 1. The van der Waals surface area contributed by atoms with Crippen molar-refractivity contribution in [1.29, 1.82) is 0 Å². The fraction of sp³-hybridized carbons (Fsp3) is 0.150. The molecule has 1 aromatic carbocycles. The highest BCUT2D eigenvalue weighted by Crippen LogP contribution is 2.17. The van der Waals surface area contributed by atoms with Crippen LogP contribution < -0.4 is 21.5 Å². The molecule has 4 nitrogen and oxygen atoms in total. The average molecular weight is 395 g/mol. The minimum absolute atomic E-state index is 0. The first kappa shape index (κ1) is 17.3. The van der Waals surface area contributed by atoms with E-state index >= 15 is 0 Å². The first-order valence-corrected chi connectivity index (χ1v) is 8.05. The maximum atomic E-state index is 4.73. The van der Waals surface area contributed by atoms with Crippen molar-refractivity contribution in [3.05, 3.63) is 84.1 Å². The second-order valence-corrected chi connectivity index (χ2v) is 6.10. The standard InChI is InChI=1S/C20H19N4.BrH/c1-15-12-16(2)21-20-18(15)8-9-19(22-20)24-11-10-23(14-24)13-17-6-4-3-5-7-17;/h3-12,14H,13H2,1-2H3;1H/q+1;/p-1. The van der Waals surface area contributed by atoms with E-state index in [1.54, 1.807) is 0 Å². The van der Waals surface area contributed by atoms with Gasteiger partial charge in [-0.1, -0.05) is 30.3 Å². The Morgan fingerprint density at radius 2 is 1.80 bits per heavy atom. The summed E-state index contributed by atoms with van der Waals surface area (Å²) in [4.78, 5) is 9.29. The van der Waals surface area contributed by atoms with Crippen LogP contribution in [0.4, 0.5) is 0 Å². The topological polar surface area (TPSA) is 34.6 Å². The van der Waals surface area contributed by atoms with E-state index in [2.05, 4.69) is 65.4 Å². The van der Waals surface area contributed by atoms with Crippen LogP contribution in [0.1, 0.15) is 16.8 Å². The fourth-order valence-corrected chi connectivity index (χ4v) is 2.98. The van der Waals surface area contributed by atoms with Gasteiger partial charge in [0.25, 0.3) is 6.33 Å². The van der Waals surface area contributed by atoms with Crippen LogP contribution in [-0.4, -0.2) is 14.5 Å². The molecule has 25 heavy (non-hydrogen) atoms. The molecular formula is C20H19BrN4. The molecule has 5 heteroatoms. The molecule has 0 fully saturated rings. The average Bonchev–Trinajstić information content (AvgIpc) is 3.03. The number of hydrogen-bond donors (Lipinski definition) is 0. The van der Waals surface area contributed by atoms with Crippen molar-refractivity contribution >= 4 is 11.0 Å². The lowest BCUT2D eigenvalue weighted by molar-refractivity contribution is -0.687. The highest BCUT2D eigenvalue weighted by atomic mass is 79.9. The molecule has 3 heterocycles. The number of imidazole rings is 1. The summed E-state index contributed by atoms with van der Waals surface area (Å²) in [6, 6.07) is 16.7. The Kier molecular flexibility index (Phi) is 4.95. The zero-order valence-electron chi connectivity index (χ0n) is 14.2. The number of pyridine rings is 2. The highest BCUT2D eigenvalue weighted by Gasteiger charge is 2.10. The van der Waals surface area contributed by atoms with Crippen molar-refractivity contribution in [3.63, 3.8) is 0 Å². The molecule has 0 aliphatic carbocycles. The van der Waals surface area contributed by atoms with Gasteiger partial charge in [-0.05, 0) is 37.1 Å². The van der Waals surface area contributed by atoms with E-state index in [-0.39, 0.29) is 17.0 Å². The van der Waals surface area contributed by atoms with Gasteiger partial charge in [0.1, 0.15) is 18.9 Å². The number of nitrogens with zero attached hydrogens (tertiary/aromatic N) is 4. The Morgan fingerprint density at radius 1 is 1.00 bits per heavy atom. The molecule has 3 aromatic heterocycles. The Labute approximate surface area is 157 Å². The van der Waals surface area contributed by atoms with E-state index in [4.69, 9.17) is 4.98 Å². The molecule has 0 atom stereocenters. The lowest BCUT2D eigenvalue weighted by Gasteiger charge is -2.03. The Morgan fingerprint density at radius 3 is 2.60 bits per heavy atom. The van der Waals surface area contributed by atoms with E-state index in [1.807, 2.05) is 29.8 Å². The van der Waals surface area contributed by atoms with Gasteiger partial charge in [-0.25, -0.2) is 9.55 Å². The summed E-state index contributed by atoms with van der Waals surface area (Å²) in [6.45, 7) is 4.95. The Hall–Kier alpha value is -2.53. The van der Waals surface area contributed by atoms with Gasteiger partial charge in [0.05, 0.1) is 0 Å². The number of aryl methyl sites for hydroxylation is 2. The lowest BCUT2D eigenvalue weighted by atomic mass is 10.1. The molecule has 0 radical (unpaired) electrons. The normalized spacial score (nSPS) is 10.6. The molecule has 0 spiro atoms. The molecule has 0 saturated heterocycles. The number of halogens is 1. The molecule has 126 valence electrons. The van der Waals surface area contributed by atoms with E-state index < -0.39 is 0 Å². The minimum Gasteiger partial charge on any atom is -1.00 e. The molecule has 0 bridgehead atoms. The third-order valence-electron chi connectivity index (χ3n) is 4.16. The number of rotatable bonds is 3. The molecule has 0 unspecified atom stereocenters. The van der Waals surface area contributed by atoms with Crippen LogP contribution in [0, 0.1) is 13.8 Å². The number of aromatic nitrogens is 4. The van der Waals surface area contributed by atoms with Crippen molar-refractivity contribution < 1.29 is 21.5 Å². The van der Waals surface area contributed by atoms with Gasteiger partial charge in [0, 0.05) is 17.1 Å². The van der Waals surface area contributed by atoms with Crippen LogP contribution >= 0.6 is 0 Å². The summed E-state index contributed by atoms with van der Waals surface area (Å²) in [5, 5.41) is 1.11. The van der Waals surface area contributed by atoms with Gasteiger partial charge in [0.15, 0.2) is 5.65 Å². The Balaban J connectivity index is 0.00000182. The maximum Gasteiger partial charge on any atom is 0.250 e. The molecule has 0 aliphatic rings. The van der Waals surface area contributed by atoms with Crippen LogP contribution in [-0.2, 0) is 6.54 Å². The van der Waals surface area contributed by atoms with E-state index in [0.717, 1.165) is 29.1 Å². The zero-order chi connectivity index (χ0) is 16.5. The second kappa shape index (κ2) is 7.15. The zero-order valence-corrected chi connectivity index (χ0v) is 15.8. The van der Waals surface area contributed by atoms with Crippen LogP contribution in [0.3, 0.4) is 0 Å². The predicted molar refractivity (Wildman–Crippen MR) is 94.1 cm³/mol. The smallest absolute Gasteiger partial charge is 0.250 e. The third kappa shape index (κ3) is 3.61. The van der Waals surface area contributed by atoms with Gasteiger partial charge >= 0.3 is 0 Å². The molecule has 0 N–H and O–H groups in total. The van der Waals surface area contributed by atoms with Crippen LogP contribution in [0.5, 0.6) is 0 Å². The SMILES string of the molecule is Cc1cc(C)c2ccc(-n3cc[n+](Cc4ccccc4)c3)nc2n1.[Br-]. The third-order valence-corrected chi connectivity index (χ3v) is 4.16. The van der Waals surface area contributed by atoms with Crippen LogP contribution in [0.25, 0.3) is 16.9 Å². The van der Waals surface area contributed by atoms with Gasteiger partial charge in [-0.3, -0.25) is 0 Å². The van der Waals surface area contributed by atoms with Crippen LogP contribution in [0.15, 0.2) is 67.3 Å². The van der Waals surface area contributed by atoms with E-state index in [0.29, 0.717) is 0 Å². The quantitative estimate of drug-likeness (QED) is 0.470. The highest BCUT2D eigenvalue weighted by molar-refractivity contribution is 5.79. The molecule has 0 amide bonds. The summed E-state index contributed by atoms with van der Waals surface area (Å²) >= 11 is 0. The number of hydrogen-bond acceptors (Lipinski definition) is 2. The predicted octanol–water partition coefficient (Wildman–Crippen LogP) is 0.377. The first-order valence-electron chi connectivity index (χ1n) is 8.05. The van der Waals surface area contributed by atoms with Crippen molar-refractivity contribution in [2.45, 2.75) is 20.4 Å². The van der Waals surface area contributed by atoms with Crippen molar-refractivity contribution in [2.24, 2.45) is 0 Å². The largest absolute Gasteiger partial charge is 1.00 e. The minimum atomic E-state index is 0. The van der Waals surface area contributed by atoms with Gasteiger partial charge in [0.2, 0.25) is 5.82 Å². The Bertz CT molecular complexity index is 1010. The van der Waals surface area contributed by atoms with Crippen molar-refractivity contribution in [1.82, 2.24) is 14.5 Å². The summed E-state index contributed by atoms with van der Waals surface area (Å²) < 4.78 is 4.18. The van der Waals surface area contributed by atoms with Crippen molar-refractivity contribution in [2.75, 3.05) is 0 Å². The monoisotopic (exact) mass is 394 g/mol. The fourth-order valence-electron chi connectivity index (χ4n) is 2.98. The molecule has 0 saturated carbocycles.